The lowest BCUT2D eigenvalue weighted by molar-refractivity contribution is -0.142. The zero-order chi connectivity index (χ0) is 18.4. The van der Waals surface area contributed by atoms with Crippen LogP contribution in [0.4, 0.5) is 4.79 Å². The van der Waals surface area contributed by atoms with Crippen LogP contribution in [-0.2, 0) is 27.3 Å². The molecule has 0 spiro atoms. The molecule has 1 N–H and O–H groups in total. The van der Waals surface area contributed by atoms with E-state index in [0.29, 0.717) is 31.7 Å². The number of fused-ring (bicyclic) bond motifs is 2. The summed E-state index contributed by atoms with van der Waals surface area (Å²) in [5, 5.41) is 9.13. The molecule has 4 heterocycles. The number of rotatable bonds is 3. The second kappa shape index (κ2) is 6.28. The Morgan fingerprint density at radius 2 is 2.27 bits per heavy atom. The SMILES string of the molecule is CCOC(=O)N1CCc2sc(/C=C3\C(=O)N4C(C(=O)O)=CCC34)cc2C1. The quantitative estimate of drug-likeness (QED) is 0.648. The molecule has 1 aromatic heterocycles. The minimum atomic E-state index is -1.06. The fourth-order valence-corrected chi connectivity index (χ4v) is 4.75. The van der Waals surface area contributed by atoms with E-state index in [1.165, 1.54) is 9.78 Å². The average molecular weight is 374 g/mol. The second-order valence-electron chi connectivity index (χ2n) is 6.39. The van der Waals surface area contributed by atoms with Crippen LogP contribution >= 0.6 is 11.3 Å². The first-order chi connectivity index (χ1) is 12.5. The lowest BCUT2D eigenvalue weighted by atomic mass is 9.94. The Bertz CT molecular complexity index is 869. The summed E-state index contributed by atoms with van der Waals surface area (Å²) in [6, 6.07) is 1.85. The predicted octanol–water partition coefficient (Wildman–Crippen LogP) is 2.23. The maximum absolute atomic E-state index is 12.3. The lowest BCUT2D eigenvalue weighted by Crippen LogP contribution is -2.52. The van der Waals surface area contributed by atoms with E-state index in [0.717, 1.165) is 16.9 Å². The third kappa shape index (κ3) is 2.61. The Kier molecular flexibility index (Phi) is 4.07. The van der Waals surface area contributed by atoms with E-state index in [1.54, 1.807) is 29.2 Å². The fourth-order valence-electron chi connectivity index (χ4n) is 3.63. The van der Waals surface area contributed by atoms with Gasteiger partial charge >= 0.3 is 12.1 Å². The molecule has 4 rings (SSSR count). The van der Waals surface area contributed by atoms with Crippen molar-refractivity contribution >= 4 is 35.4 Å². The monoisotopic (exact) mass is 374 g/mol. The first kappa shape index (κ1) is 16.8. The van der Waals surface area contributed by atoms with Crippen molar-refractivity contribution in [2.24, 2.45) is 0 Å². The highest BCUT2D eigenvalue weighted by Crippen LogP contribution is 2.40. The first-order valence-corrected chi connectivity index (χ1v) is 9.33. The van der Waals surface area contributed by atoms with E-state index in [1.807, 2.05) is 12.1 Å². The Hall–Kier alpha value is -2.61. The van der Waals surface area contributed by atoms with E-state index in [-0.39, 0.29) is 23.7 Å². The standard InChI is InChI=1S/C18H18N2O5S/c1-2-25-18(24)19-6-5-15-10(9-19)7-11(26-15)8-12-13-3-4-14(17(22)23)20(13)16(12)21/h4,7-8,13H,2-3,5-6,9H2,1H3,(H,22,23)/b12-8-. The van der Waals surface area contributed by atoms with Crippen LogP contribution in [0.2, 0.25) is 0 Å². The number of carboxylic acid groups (broad SMARTS) is 1. The summed E-state index contributed by atoms with van der Waals surface area (Å²) in [6.45, 7) is 3.29. The lowest BCUT2D eigenvalue weighted by Gasteiger charge is -2.38. The number of hydrogen-bond donors (Lipinski definition) is 1. The highest BCUT2D eigenvalue weighted by molar-refractivity contribution is 7.13. The topological polar surface area (TPSA) is 87.2 Å². The Morgan fingerprint density at radius 3 is 3.00 bits per heavy atom. The predicted molar refractivity (Wildman–Crippen MR) is 94.4 cm³/mol. The van der Waals surface area contributed by atoms with Crippen LogP contribution in [0.3, 0.4) is 0 Å². The van der Waals surface area contributed by atoms with Crippen LogP contribution in [0, 0.1) is 0 Å². The molecular formula is C18H18N2O5S. The molecule has 1 fully saturated rings. The Balaban J connectivity index is 1.50. The van der Waals surface area contributed by atoms with Crippen LogP contribution in [0.1, 0.15) is 28.7 Å². The number of carbonyl (C=O) groups excluding carboxylic acids is 2. The molecule has 0 bridgehead atoms. The number of ether oxygens (including phenoxy) is 1. The van der Waals surface area contributed by atoms with E-state index >= 15 is 0 Å². The van der Waals surface area contributed by atoms with Crippen molar-refractivity contribution in [3.8, 4) is 0 Å². The number of carbonyl (C=O) groups is 3. The number of β-lactam (4-membered cyclic amide) rings is 1. The molecule has 0 aromatic carbocycles. The molecule has 0 saturated carbocycles. The largest absolute Gasteiger partial charge is 0.477 e. The van der Waals surface area contributed by atoms with Gasteiger partial charge in [0.15, 0.2) is 0 Å². The molecule has 7 nitrogen and oxygen atoms in total. The summed E-state index contributed by atoms with van der Waals surface area (Å²) >= 11 is 1.62. The summed E-state index contributed by atoms with van der Waals surface area (Å²) in [5.41, 5.74) is 1.81. The van der Waals surface area contributed by atoms with Crippen molar-refractivity contribution in [3.05, 3.63) is 38.7 Å². The van der Waals surface area contributed by atoms with Gasteiger partial charge < -0.3 is 14.7 Å². The normalized spacial score (nSPS) is 22.7. The highest BCUT2D eigenvalue weighted by atomic mass is 32.1. The van der Waals surface area contributed by atoms with E-state index in [4.69, 9.17) is 9.84 Å². The zero-order valence-corrected chi connectivity index (χ0v) is 15.0. The molecule has 1 saturated heterocycles. The van der Waals surface area contributed by atoms with Gasteiger partial charge in [-0.1, -0.05) is 6.08 Å². The molecule has 1 aromatic rings. The third-order valence-electron chi connectivity index (χ3n) is 4.86. The molecule has 3 aliphatic heterocycles. The van der Waals surface area contributed by atoms with Gasteiger partial charge in [-0.25, -0.2) is 9.59 Å². The van der Waals surface area contributed by atoms with Gasteiger partial charge in [0, 0.05) is 21.9 Å². The Morgan fingerprint density at radius 1 is 1.46 bits per heavy atom. The maximum atomic E-state index is 12.3. The van der Waals surface area contributed by atoms with Crippen LogP contribution in [0.25, 0.3) is 6.08 Å². The molecule has 26 heavy (non-hydrogen) atoms. The summed E-state index contributed by atoms with van der Waals surface area (Å²) in [5.74, 6) is -1.30. The van der Waals surface area contributed by atoms with Gasteiger partial charge in [0.05, 0.1) is 19.2 Å². The van der Waals surface area contributed by atoms with Gasteiger partial charge in [0.25, 0.3) is 5.91 Å². The Labute approximate surface area is 154 Å². The van der Waals surface area contributed by atoms with E-state index in [9.17, 15) is 14.4 Å². The fraction of sp³-hybridized carbons (Fsp3) is 0.389. The molecule has 1 unspecified atom stereocenters. The summed E-state index contributed by atoms with van der Waals surface area (Å²) in [4.78, 5) is 40.6. The van der Waals surface area contributed by atoms with Crippen molar-refractivity contribution in [3.63, 3.8) is 0 Å². The van der Waals surface area contributed by atoms with Crippen LogP contribution < -0.4 is 0 Å². The first-order valence-electron chi connectivity index (χ1n) is 8.51. The van der Waals surface area contributed by atoms with Crippen LogP contribution in [0.5, 0.6) is 0 Å². The minimum absolute atomic E-state index is 0.0766. The molecule has 0 aliphatic carbocycles. The van der Waals surface area contributed by atoms with Gasteiger partial charge in [-0.05, 0) is 37.5 Å². The van der Waals surface area contributed by atoms with Crippen molar-refractivity contribution < 1.29 is 24.2 Å². The smallest absolute Gasteiger partial charge is 0.410 e. The van der Waals surface area contributed by atoms with Gasteiger partial charge in [0.2, 0.25) is 0 Å². The molecule has 136 valence electrons. The number of aliphatic carboxylic acids is 1. The van der Waals surface area contributed by atoms with Crippen molar-refractivity contribution in [1.29, 1.82) is 0 Å². The number of carboxylic acids is 1. The molecule has 8 heteroatoms. The summed E-state index contributed by atoms with van der Waals surface area (Å²) < 4.78 is 5.06. The van der Waals surface area contributed by atoms with Crippen LogP contribution in [-0.4, -0.2) is 52.1 Å². The number of nitrogens with zero attached hydrogens (tertiary/aromatic N) is 2. The molecular weight excluding hydrogens is 356 g/mol. The maximum Gasteiger partial charge on any atom is 0.410 e. The van der Waals surface area contributed by atoms with Crippen molar-refractivity contribution in [1.82, 2.24) is 9.80 Å². The van der Waals surface area contributed by atoms with Gasteiger partial charge in [-0.2, -0.15) is 0 Å². The van der Waals surface area contributed by atoms with Crippen molar-refractivity contribution in [2.75, 3.05) is 13.2 Å². The van der Waals surface area contributed by atoms with E-state index in [2.05, 4.69) is 0 Å². The number of thiophene rings is 1. The number of hydrogen-bond acceptors (Lipinski definition) is 5. The summed E-state index contributed by atoms with van der Waals surface area (Å²) in [6.07, 6.45) is 4.48. The van der Waals surface area contributed by atoms with Crippen LogP contribution in [0.15, 0.2) is 23.4 Å². The molecule has 3 aliphatic rings. The zero-order valence-electron chi connectivity index (χ0n) is 14.2. The number of amides is 2. The molecule has 0 radical (unpaired) electrons. The van der Waals surface area contributed by atoms with E-state index < -0.39 is 5.97 Å². The van der Waals surface area contributed by atoms with Gasteiger partial charge in [0.1, 0.15) is 5.70 Å². The minimum Gasteiger partial charge on any atom is -0.477 e. The molecule has 2 amide bonds. The van der Waals surface area contributed by atoms with Gasteiger partial charge in [-0.3, -0.25) is 9.69 Å². The third-order valence-corrected chi connectivity index (χ3v) is 6.04. The molecule has 1 atom stereocenters. The second-order valence-corrected chi connectivity index (χ2v) is 7.56. The highest BCUT2D eigenvalue weighted by Gasteiger charge is 2.48. The van der Waals surface area contributed by atoms with Gasteiger partial charge in [-0.15, -0.1) is 11.3 Å². The van der Waals surface area contributed by atoms with Crippen molar-refractivity contribution in [2.45, 2.75) is 32.4 Å². The summed E-state index contributed by atoms with van der Waals surface area (Å²) in [7, 11) is 0. The average Bonchev–Trinajstić information content (AvgIpc) is 3.20.